The third-order valence-electron chi connectivity index (χ3n) is 5.16. The quantitative estimate of drug-likeness (QED) is 0.672. The fourth-order valence-electron chi connectivity index (χ4n) is 3.65. The molecule has 0 bridgehead atoms. The molecule has 0 saturated heterocycles. The highest BCUT2D eigenvalue weighted by Crippen LogP contribution is 2.37. The van der Waals surface area contributed by atoms with Gasteiger partial charge in [-0.2, -0.15) is 5.10 Å². The van der Waals surface area contributed by atoms with Crippen molar-refractivity contribution < 1.29 is 4.74 Å². The standard InChI is InChI=1S/C22H25ClN4O/c1-26(2)17-10-7-15(8-11-17)21-18-6-4-5-13-24-22(18)27(25-21)19-14-16(23)9-12-20(19)28-3/h7-12,14,24H,4-6,13H2,1-3H3. The molecule has 3 aromatic rings. The van der Waals surface area contributed by atoms with Crippen molar-refractivity contribution in [3.8, 4) is 22.7 Å². The molecule has 5 nitrogen and oxygen atoms in total. The van der Waals surface area contributed by atoms with Gasteiger partial charge >= 0.3 is 0 Å². The first-order chi connectivity index (χ1) is 13.6. The number of methoxy groups -OCH3 is 1. The van der Waals surface area contributed by atoms with E-state index in [0.717, 1.165) is 54.3 Å². The van der Waals surface area contributed by atoms with Crippen molar-refractivity contribution in [2.75, 3.05) is 38.0 Å². The zero-order chi connectivity index (χ0) is 19.7. The first-order valence-electron chi connectivity index (χ1n) is 9.56. The summed E-state index contributed by atoms with van der Waals surface area (Å²) in [6.07, 6.45) is 3.28. The van der Waals surface area contributed by atoms with Gasteiger partial charge in [-0.15, -0.1) is 0 Å². The Morgan fingerprint density at radius 2 is 1.89 bits per heavy atom. The average molecular weight is 397 g/mol. The Morgan fingerprint density at radius 3 is 2.61 bits per heavy atom. The zero-order valence-electron chi connectivity index (χ0n) is 16.5. The Hall–Kier alpha value is -2.66. The third kappa shape index (κ3) is 3.42. The van der Waals surface area contributed by atoms with Crippen LogP contribution in [0.1, 0.15) is 18.4 Å². The van der Waals surface area contributed by atoms with Crippen molar-refractivity contribution in [3.05, 3.63) is 53.1 Å². The molecule has 0 aliphatic carbocycles. The molecule has 0 unspecified atom stereocenters. The largest absolute Gasteiger partial charge is 0.494 e. The maximum absolute atomic E-state index is 6.29. The highest BCUT2D eigenvalue weighted by atomic mass is 35.5. The highest BCUT2D eigenvalue weighted by molar-refractivity contribution is 6.30. The second-order valence-electron chi connectivity index (χ2n) is 7.23. The molecule has 4 rings (SSSR count). The third-order valence-corrected chi connectivity index (χ3v) is 5.39. The lowest BCUT2D eigenvalue weighted by Gasteiger charge is -2.13. The van der Waals surface area contributed by atoms with Crippen LogP contribution in [0.25, 0.3) is 16.9 Å². The van der Waals surface area contributed by atoms with E-state index in [4.69, 9.17) is 21.4 Å². The van der Waals surface area contributed by atoms with E-state index < -0.39 is 0 Å². The number of nitrogens with one attached hydrogen (secondary N) is 1. The maximum atomic E-state index is 6.29. The number of fused-ring (bicyclic) bond motifs is 1. The molecule has 1 aliphatic heterocycles. The van der Waals surface area contributed by atoms with Crippen LogP contribution in [0, 0.1) is 0 Å². The van der Waals surface area contributed by atoms with Gasteiger partial charge in [0.05, 0.1) is 12.8 Å². The summed E-state index contributed by atoms with van der Waals surface area (Å²) in [5.74, 6) is 1.78. The lowest BCUT2D eigenvalue weighted by Crippen LogP contribution is -2.08. The number of aromatic nitrogens is 2. The lowest BCUT2D eigenvalue weighted by molar-refractivity contribution is 0.412. The number of nitrogens with zero attached hydrogens (tertiary/aromatic N) is 3. The molecule has 1 N–H and O–H groups in total. The number of hydrogen-bond acceptors (Lipinski definition) is 4. The van der Waals surface area contributed by atoms with Crippen LogP contribution in [0.15, 0.2) is 42.5 Å². The van der Waals surface area contributed by atoms with Gasteiger partial charge in [-0.1, -0.05) is 23.7 Å². The van der Waals surface area contributed by atoms with Crippen molar-refractivity contribution in [1.29, 1.82) is 0 Å². The van der Waals surface area contributed by atoms with Crippen LogP contribution in [-0.4, -0.2) is 37.5 Å². The molecule has 2 aromatic carbocycles. The van der Waals surface area contributed by atoms with E-state index in [1.165, 1.54) is 11.3 Å². The fraction of sp³-hybridized carbons (Fsp3) is 0.318. The van der Waals surface area contributed by atoms with E-state index in [1.807, 2.05) is 37.0 Å². The molecule has 1 aromatic heterocycles. The second-order valence-corrected chi connectivity index (χ2v) is 7.67. The minimum atomic E-state index is 0.658. The smallest absolute Gasteiger partial charge is 0.144 e. The molecule has 6 heteroatoms. The summed E-state index contributed by atoms with van der Waals surface area (Å²) >= 11 is 6.29. The summed E-state index contributed by atoms with van der Waals surface area (Å²) in [6.45, 7) is 0.931. The molecule has 2 heterocycles. The lowest BCUT2D eigenvalue weighted by atomic mass is 10.0. The summed E-state index contributed by atoms with van der Waals surface area (Å²) in [7, 11) is 5.76. The summed E-state index contributed by atoms with van der Waals surface area (Å²) in [5.41, 5.74) is 5.39. The van der Waals surface area contributed by atoms with E-state index in [0.29, 0.717) is 5.02 Å². The number of hydrogen-bond donors (Lipinski definition) is 1. The molecule has 0 saturated carbocycles. The van der Waals surface area contributed by atoms with E-state index >= 15 is 0 Å². The Kier molecular flexibility index (Phi) is 5.18. The molecule has 0 amide bonds. The Bertz CT molecular complexity index is 979. The predicted octanol–water partition coefficient (Wildman–Crippen LogP) is 5.02. The summed E-state index contributed by atoms with van der Waals surface area (Å²) < 4.78 is 7.53. The van der Waals surface area contributed by atoms with Crippen molar-refractivity contribution in [2.45, 2.75) is 19.3 Å². The summed E-state index contributed by atoms with van der Waals surface area (Å²) in [4.78, 5) is 2.10. The average Bonchev–Trinajstić information content (AvgIpc) is 2.88. The molecule has 0 spiro atoms. The van der Waals surface area contributed by atoms with Crippen LogP contribution in [0.4, 0.5) is 11.5 Å². The number of benzene rings is 2. The van der Waals surface area contributed by atoms with Crippen LogP contribution in [0.5, 0.6) is 5.75 Å². The molecule has 0 atom stereocenters. The molecule has 0 fully saturated rings. The van der Waals surface area contributed by atoms with Gasteiger partial charge in [-0.05, 0) is 49.6 Å². The number of rotatable bonds is 4. The highest BCUT2D eigenvalue weighted by Gasteiger charge is 2.23. The van der Waals surface area contributed by atoms with Crippen molar-refractivity contribution in [3.63, 3.8) is 0 Å². The van der Waals surface area contributed by atoms with Crippen LogP contribution in [-0.2, 0) is 6.42 Å². The minimum Gasteiger partial charge on any atom is -0.494 e. The van der Waals surface area contributed by atoms with E-state index in [2.05, 4.69) is 34.5 Å². The minimum absolute atomic E-state index is 0.658. The monoisotopic (exact) mass is 396 g/mol. The summed E-state index contributed by atoms with van der Waals surface area (Å²) in [6, 6.07) is 14.2. The Morgan fingerprint density at radius 1 is 1.11 bits per heavy atom. The molecular formula is C22H25ClN4O. The van der Waals surface area contributed by atoms with Gasteiger partial charge in [0.2, 0.25) is 0 Å². The Balaban J connectivity index is 1.88. The SMILES string of the molecule is COc1ccc(Cl)cc1-n1nc(-c2ccc(N(C)C)cc2)c2c1NCCCC2. The van der Waals surface area contributed by atoms with E-state index in [1.54, 1.807) is 7.11 Å². The van der Waals surface area contributed by atoms with Gasteiger partial charge in [0.25, 0.3) is 0 Å². The topological polar surface area (TPSA) is 42.3 Å². The van der Waals surface area contributed by atoms with Gasteiger partial charge in [-0.3, -0.25) is 0 Å². The molecule has 0 radical (unpaired) electrons. The maximum Gasteiger partial charge on any atom is 0.144 e. The van der Waals surface area contributed by atoms with Crippen molar-refractivity contribution in [1.82, 2.24) is 9.78 Å². The molecule has 146 valence electrons. The van der Waals surface area contributed by atoms with Gasteiger partial charge in [0, 0.05) is 42.5 Å². The number of ether oxygens (including phenoxy) is 1. The fourth-order valence-corrected chi connectivity index (χ4v) is 3.82. The van der Waals surface area contributed by atoms with Gasteiger partial charge < -0.3 is 15.0 Å². The number of halogens is 1. The second kappa shape index (κ2) is 7.76. The van der Waals surface area contributed by atoms with E-state index in [-0.39, 0.29) is 0 Å². The van der Waals surface area contributed by atoms with Crippen LogP contribution in [0.3, 0.4) is 0 Å². The first-order valence-corrected chi connectivity index (χ1v) is 9.93. The first kappa shape index (κ1) is 18.7. The van der Waals surface area contributed by atoms with Crippen LogP contribution < -0.4 is 15.0 Å². The number of anilines is 2. The van der Waals surface area contributed by atoms with Gasteiger partial charge in [0.15, 0.2) is 0 Å². The zero-order valence-corrected chi connectivity index (χ0v) is 17.3. The van der Waals surface area contributed by atoms with Crippen molar-refractivity contribution in [2.24, 2.45) is 0 Å². The van der Waals surface area contributed by atoms with Gasteiger partial charge in [-0.25, -0.2) is 4.68 Å². The van der Waals surface area contributed by atoms with Crippen LogP contribution >= 0.6 is 11.6 Å². The van der Waals surface area contributed by atoms with Crippen molar-refractivity contribution >= 4 is 23.1 Å². The van der Waals surface area contributed by atoms with Crippen LogP contribution in [0.2, 0.25) is 5.02 Å². The normalized spacial score (nSPS) is 13.4. The van der Waals surface area contributed by atoms with Gasteiger partial charge in [0.1, 0.15) is 17.3 Å². The molecule has 28 heavy (non-hydrogen) atoms. The molecular weight excluding hydrogens is 372 g/mol. The Labute approximate surface area is 170 Å². The summed E-state index contributed by atoms with van der Waals surface area (Å²) in [5, 5.41) is 9.23. The molecule has 1 aliphatic rings. The predicted molar refractivity (Wildman–Crippen MR) is 116 cm³/mol. The van der Waals surface area contributed by atoms with E-state index in [9.17, 15) is 0 Å².